The number of ether oxygens (including phenoxy) is 2. The molecule has 19 heavy (non-hydrogen) atoms. The Hall–Kier alpha value is -1.55. The van der Waals surface area contributed by atoms with Crippen LogP contribution < -0.4 is 4.90 Å². The van der Waals surface area contributed by atoms with Gasteiger partial charge in [0.25, 0.3) is 0 Å². The maximum atomic E-state index is 11.6. The zero-order valence-corrected chi connectivity index (χ0v) is 12.0. The second-order valence-corrected chi connectivity index (χ2v) is 5.36. The molecule has 1 aliphatic heterocycles. The first-order valence-corrected chi connectivity index (χ1v) is 6.54. The lowest BCUT2D eigenvalue weighted by Gasteiger charge is -2.45. The third kappa shape index (κ3) is 2.73. The molecule has 0 aliphatic carbocycles. The molecule has 4 nitrogen and oxygen atoms in total. The minimum atomic E-state index is -0.304. The van der Waals surface area contributed by atoms with Crippen LogP contribution in [0.3, 0.4) is 0 Å². The lowest BCUT2D eigenvalue weighted by molar-refractivity contribution is -0.0529. The van der Waals surface area contributed by atoms with E-state index in [0.29, 0.717) is 12.2 Å². The Kier molecular flexibility index (Phi) is 3.80. The van der Waals surface area contributed by atoms with Gasteiger partial charge in [0, 0.05) is 12.2 Å². The first kappa shape index (κ1) is 13.9. The number of nitrogens with zero attached hydrogens (tertiary/aromatic N) is 1. The van der Waals surface area contributed by atoms with Crippen molar-refractivity contribution in [3.8, 4) is 0 Å². The molecule has 1 aromatic rings. The second-order valence-electron chi connectivity index (χ2n) is 5.36. The number of hydrogen-bond acceptors (Lipinski definition) is 4. The van der Waals surface area contributed by atoms with Gasteiger partial charge in [-0.2, -0.15) is 0 Å². The predicted octanol–water partition coefficient (Wildman–Crippen LogP) is 2.48. The summed E-state index contributed by atoms with van der Waals surface area (Å²) in [5.74, 6) is -0.304. The summed E-state index contributed by atoms with van der Waals surface area (Å²) in [6.07, 6.45) is 0. The maximum absolute atomic E-state index is 11.6. The number of benzene rings is 1. The number of esters is 1. The summed E-state index contributed by atoms with van der Waals surface area (Å²) in [7, 11) is 1.40. The number of carbonyl (C=O) groups is 1. The van der Waals surface area contributed by atoms with Crippen LogP contribution >= 0.6 is 0 Å². The molecule has 1 heterocycles. The van der Waals surface area contributed by atoms with E-state index in [1.54, 1.807) is 6.07 Å². The van der Waals surface area contributed by atoms with Gasteiger partial charge in [-0.15, -0.1) is 0 Å². The largest absolute Gasteiger partial charge is 0.465 e. The van der Waals surface area contributed by atoms with E-state index < -0.39 is 0 Å². The third-order valence-corrected chi connectivity index (χ3v) is 3.88. The number of morpholine rings is 1. The van der Waals surface area contributed by atoms with Gasteiger partial charge in [-0.3, -0.25) is 0 Å². The number of anilines is 1. The van der Waals surface area contributed by atoms with E-state index >= 15 is 0 Å². The van der Waals surface area contributed by atoms with Gasteiger partial charge < -0.3 is 14.4 Å². The van der Waals surface area contributed by atoms with E-state index in [2.05, 4.69) is 25.7 Å². The van der Waals surface area contributed by atoms with E-state index in [4.69, 9.17) is 9.47 Å². The van der Waals surface area contributed by atoms with Crippen molar-refractivity contribution in [2.45, 2.75) is 32.4 Å². The molecule has 4 heteroatoms. The van der Waals surface area contributed by atoms with Crippen molar-refractivity contribution in [3.05, 3.63) is 29.8 Å². The molecule has 1 saturated heterocycles. The molecule has 1 unspecified atom stereocenters. The molecule has 0 radical (unpaired) electrons. The third-order valence-electron chi connectivity index (χ3n) is 3.88. The lowest BCUT2D eigenvalue weighted by atomic mass is 9.96. The van der Waals surface area contributed by atoms with E-state index in [0.717, 1.165) is 12.2 Å². The molecule has 1 atom stereocenters. The summed E-state index contributed by atoms with van der Waals surface area (Å²) in [4.78, 5) is 13.9. The molecule has 1 fully saturated rings. The number of rotatable bonds is 2. The molecule has 1 aliphatic rings. The van der Waals surface area contributed by atoms with Crippen molar-refractivity contribution in [1.29, 1.82) is 0 Å². The molecule has 0 bridgehead atoms. The molecule has 104 valence electrons. The first-order valence-electron chi connectivity index (χ1n) is 6.54. The minimum absolute atomic E-state index is 0.195. The van der Waals surface area contributed by atoms with Crippen LogP contribution in [0.25, 0.3) is 0 Å². The fourth-order valence-electron chi connectivity index (χ4n) is 2.38. The minimum Gasteiger partial charge on any atom is -0.465 e. The van der Waals surface area contributed by atoms with Gasteiger partial charge in [0.2, 0.25) is 0 Å². The molecule has 0 saturated carbocycles. The fraction of sp³-hybridized carbons (Fsp3) is 0.533. The number of hydrogen-bond donors (Lipinski definition) is 0. The van der Waals surface area contributed by atoms with Crippen LogP contribution in [-0.4, -0.2) is 37.9 Å². The molecule has 1 aromatic carbocycles. The van der Waals surface area contributed by atoms with Gasteiger partial charge in [0.15, 0.2) is 0 Å². The summed E-state index contributed by atoms with van der Waals surface area (Å²) in [6.45, 7) is 7.85. The lowest BCUT2D eigenvalue weighted by Crippen LogP contribution is -2.55. The van der Waals surface area contributed by atoms with E-state index in [1.165, 1.54) is 7.11 Å². The molecule has 2 rings (SSSR count). The Morgan fingerprint density at radius 3 is 2.89 bits per heavy atom. The average molecular weight is 263 g/mol. The molecule has 0 amide bonds. The molecule has 0 aromatic heterocycles. The smallest absolute Gasteiger partial charge is 0.337 e. The molecular formula is C15H21NO3. The van der Waals surface area contributed by atoms with Crippen LogP contribution in [0.1, 0.15) is 31.1 Å². The highest BCUT2D eigenvalue weighted by Gasteiger charge is 2.35. The summed E-state index contributed by atoms with van der Waals surface area (Å²) < 4.78 is 10.6. The Bertz CT molecular complexity index is 470. The summed E-state index contributed by atoms with van der Waals surface area (Å²) >= 11 is 0. The Labute approximate surface area is 114 Å². The van der Waals surface area contributed by atoms with Crippen molar-refractivity contribution < 1.29 is 14.3 Å². The highest BCUT2D eigenvalue weighted by atomic mass is 16.5. The zero-order chi connectivity index (χ0) is 14.0. The van der Waals surface area contributed by atoms with Crippen molar-refractivity contribution in [2.75, 3.05) is 25.2 Å². The Morgan fingerprint density at radius 2 is 2.21 bits per heavy atom. The Morgan fingerprint density at radius 1 is 1.47 bits per heavy atom. The quantitative estimate of drug-likeness (QED) is 0.768. The van der Waals surface area contributed by atoms with Crippen LogP contribution in [0.2, 0.25) is 0 Å². The van der Waals surface area contributed by atoms with Crippen molar-refractivity contribution in [2.24, 2.45) is 0 Å². The van der Waals surface area contributed by atoms with Gasteiger partial charge in [-0.1, -0.05) is 6.07 Å². The van der Waals surface area contributed by atoms with E-state index in [-0.39, 0.29) is 17.6 Å². The first-order chi connectivity index (χ1) is 8.95. The zero-order valence-electron chi connectivity index (χ0n) is 12.0. The van der Waals surface area contributed by atoms with E-state index in [9.17, 15) is 4.79 Å². The van der Waals surface area contributed by atoms with Crippen LogP contribution in [0.4, 0.5) is 5.69 Å². The van der Waals surface area contributed by atoms with Crippen molar-refractivity contribution in [1.82, 2.24) is 0 Å². The van der Waals surface area contributed by atoms with Crippen LogP contribution in [0, 0.1) is 0 Å². The molecular weight excluding hydrogens is 242 g/mol. The van der Waals surface area contributed by atoms with Gasteiger partial charge in [0.05, 0.1) is 30.9 Å². The normalized spacial score (nSPS) is 22.1. The fourth-order valence-corrected chi connectivity index (χ4v) is 2.38. The van der Waals surface area contributed by atoms with Gasteiger partial charge in [-0.25, -0.2) is 4.79 Å². The van der Waals surface area contributed by atoms with Crippen molar-refractivity contribution >= 4 is 11.7 Å². The topological polar surface area (TPSA) is 38.8 Å². The average Bonchev–Trinajstić information content (AvgIpc) is 2.41. The van der Waals surface area contributed by atoms with Gasteiger partial charge in [0.1, 0.15) is 0 Å². The summed E-state index contributed by atoms with van der Waals surface area (Å²) in [5.41, 5.74) is 1.42. The van der Waals surface area contributed by atoms with Crippen LogP contribution in [-0.2, 0) is 9.47 Å². The number of carbonyl (C=O) groups excluding carboxylic acids is 1. The standard InChI is InChI=1S/C15H21NO3/c1-11-15(2,3)19-9-8-16(11)13-7-5-6-12(10-13)14(17)18-4/h5-7,10-11H,8-9H2,1-4H3. The second kappa shape index (κ2) is 5.21. The van der Waals surface area contributed by atoms with E-state index in [1.807, 2.05) is 18.2 Å². The van der Waals surface area contributed by atoms with Crippen molar-refractivity contribution in [3.63, 3.8) is 0 Å². The van der Waals surface area contributed by atoms with Crippen LogP contribution in [0.5, 0.6) is 0 Å². The van der Waals surface area contributed by atoms with Gasteiger partial charge in [-0.05, 0) is 39.0 Å². The predicted molar refractivity (Wildman–Crippen MR) is 74.6 cm³/mol. The molecule has 0 spiro atoms. The van der Waals surface area contributed by atoms with Gasteiger partial charge >= 0.3 is 5.97 Å². The summed E-state index contributed by atoms with van der Waals surface area (Å²) in [5, 5.41) is 0. The maximum Gasteiger partial charge on any atom is 0.337 e. The highest BCUT2D eigenvalue weighted by Crippen LogP contribution is 2.29. The SMILES string of the molecule is COC(=O)c1cccc(N2CCOC(C)(C)C2C)c1. The highest BCUT2D eigenvalue weighted by molar-refractivity contribution is 5.90. The number of methoxy groups -OCH3 is 1. The van der Waals surface area contributed by atoms with Crippen LogP contribution in [0.15, 0.2) is 24.3 Å². The summed E-state index contributed by atoms with van der Waals surface area (Å²) in [6, 6.07) is 7.80. The monoisotopic (exact) mass is 263 g/mol. The Balaban J connectivity index is 2.28. The molecule has 0 N–H and O–H groups in total.